The van der Waals surface area contributed by atoms with Crippen LogP contribution in [0.5, 0.6) is 11.5 Å². The molecule has 2 aromatic carbocycles. The number of fused-ring (bicyclic) bond motifs is 1. The first-order valence-electron chi connectivity index (χ1n) is 9.25. The summed E-state index contributed by atoms with van der Waals surface area (Å²) < 4.78 is 52.3. The van der Waals surface area contributed by atoms with Gasteiger partial charge in [0.25, 0.3) is 0 Å². The largest absolute Gasteiger partial charge is 0.490 e. The average Bonchev–Trinajstić information content (AvgIpc) is 2.92. The van der Waals surface area contributed by atoms with Crippen molar-refractivity contribution in [1.29, 1.82) is 0 Å². The number of amides is 1. The van der Waals surface area contributed by atoms with Crippen LogP contribution in [0.1, 0.15) is 20.3 Å². The van der Waals surface area contributed by atoms with Crippen molar-refractivity contribution in [2.75, 3.05) is 18.5 Å². The third-order valence-corrected chi connectivity index (χ3v) is 5.81. The summed E-state index contributed by atoms with van der Waals surface area (Å²) in [5.74, 6) is -0.466. The molecule has 0 saturated heterocycles. The lowest BCUT2D eigenvalue weighted by atomic mass is 10.0. The maximum atomic E-state index is 13.0. The summed E-state index contributed by atoms with van der Waals surface area (Å²) in [5, 5.41) is 2.61. The van der Waals surface area contributed by atoms with E-state index in [1.807, 2.05) is 0 Å². The van der Waals surface area contributed by atoms with E-state index in [-0.39, 0.29) is 10.8 Å². The van der Waals surface area contributed by atoms with Gasteiger partial charge in [-0.05, 0) is 42.3 Å². The molecule has 2 N–H and O–H groups in total. The Labute approximate surface area is 169 Å². The molecule has 0 aliphatic carbocycles. The maximum Gasteiger partial charge on any atom is 0.242 e. The summed E-state index contributed by atoms with van der Waals surface area (Å²) in [5.41, 5.74) is 0.372. The van der Waals surface area contributed by atoms with Gasteiger partial charge in [0.15, 0.2) is 11.5 Å². The highest BCUT2D eigenvalue weighted by molar-refractivity contribution is 7.89. The van der Waals surface area contributed by atoms with Crippen molar-refractivity contribution >= 4 is 21.6 Å². The molecule has 1 atom stereocenters. The molecule has 0 radical (unpaired) electrons. The van der Waals surface area contributed by atoms with Gasteiger partial charge in [-0.25, -0.2) is 12.8 Å². The Morgan fingerprint density at radius 2 is 1.69 bits per heavy atom. The number of nitrogens with one attached hydrogen (secondary N) is 2. The third-order valence-electron chi connectivity index (χ3n) is 4.37. The Kier molecular flexibility index (Phi) is 6.39. The zero-order valence-electron chi connectivity index (χ0n) is 16.1. The maximum absolute atomic E-state index is 13.0. The van der Waals surface area contributed by atoms with E-state index < -0.39 is 27.8 Å². The average molecular weight is 422 g/mol. The second-order valence-corrected chi connectivity index (χ2v) is 8.71. The quantitative estimate of drug-likeness (QED) is 0.747. The zero-order valence-corrected chi connectivity index (χ0v) is 17.0. The van der Waals surface area contributed by atoms with Crippen LogP contribution in [0.3, 0.4) is 0 Å². The van der Waals surface area contributed by atoms with Gasteiger partial charge in [0.05, 0.1) is 18.1 Å². The summed E-state index contributed by atoms with van der Waals surface area (Å²) in [7, 11) is -4.00. The van der Waals surface area contributed by atoms with Crippen LogP contribution in [-0.2, 0) is 14.8 Å². The van der Waals surface area contributed by atoms with Crippen LogP contribution >= 0.6 is 0 Å². The molecule has 0 fully saturated rings. The van der Waals surface area contributed by atoms with Crippen molar-refractivity contribution in [3.63, 3.8) is 0 Å². The number of hydrogen-bond donors (Lipinski definition) is 2. The third kappa shape index (κ3) is 5.24. The molecule has 0 bridgehead atoms. The molecular formula is C20H23FN2O5S. The number of sulfonamides is 1. The smallest absolute Gasteiger partial charge is 0.242 e. The van der Waals surface area contributed by atoms with E-state index >= 15 is 0 Å². The van der Waals surface area contributed by atoms with Gasteiger partial charge < -0.3 is 14.8 Å². The molecular weight excluding hydrogens is 399 g/mol. The lowest BCUT2D eigenvalue weighted by Crippen LogP contribution is -2.47. The molecule has 1 heterocycles. The summed E-state index contributed by atoms with van der Waals surface area (Å²) in [6, 6.07) is 8.54. The first-order chi connectivity index (χ1) is 13.8. The predicted molar refractivity (Wildman–Crippen MR) is 106 cm³/mol. The highest BCUT2D eigenvalue weighted by Gasteiger charge is 2.29. The molecule has 1 aliphatic rings. The minimum Gasteiger partial charge on any atom is -0.490 e. The van der Waals surface area contributed by atoms with E-state index in [9.17, 15) is 17.6 Å². The van der Waals surface area contributed by atoms with Gasteiger partial charge in [0.2, 0.25) is 15.9 Å². The molecule has 1 amide bonds. The molecule has 0 aromatic heterocycles. The number of ether oxygens (including phenoxy) is 2. The molecule has 2 aromatic rings. The number of carbonyl (C=O) groups excluding carboxylic acids is 1. The summed E-state index contributed by atoms with van der Waals surface area (Å²) >= 11 is 0. The van der Waals surface area contributed by atoms with Gasteiger partial charge >= 0.3 is 0 Å². The molecule has 3 rings (SSSR count). The number of rotatable bonds is 6. The van der Waals surface area contributed by atoms with Crippen molar-refractivity contribution in [3.8, 4) is 11.5 Å². The van der Waals surface area contributed by atoms with Gasteiger partial charge in [0.1, 0.15) is 11.9 Å². The summed E-state index contributed by atoms with van der Waals surface area (Å²) in [6.45, 7) is 4.38. The van der Waals surface area contributed by atoms with Gasteiger partial charge in [-0.2, -0.15) is 4.72 Å². The Morgan fingerprint density at radius 1 is 1.03 bits per heavy atom. The highest BCUT2D eigenvalue weighted by Crippen LogP contribution is 2.32. The summed E-state index contributed by atoms with van der Waals surface area (Å²) in [6.07, 6.45) is 0.702. The second-order valence-electron chi connectivity index (χ2n) is 7.00. The molecule has 0 spiro atoms. The normalized spacial score (nSPS) is 14.9. The predicted octanol–water partition coefficient (Wildman–Crippen LogP) is 2.93. The van der Waals surface area contributed by atoms with Crippen molar-refractivity contribution in [1.82, 2.24) is 4.72 Å². The van der Waals surface area contributed by atoms with Crippen molar-refractivity contribution in [2.45, 2.75) is 31.2 Å². The van der Waals surface area contributed by atoms with E-state index in [2.05, 4.69) is 10.0 Å². The molecule has 9 heteroatoms. The number of anilines is 1. The van der Waals surface area contributed by atoms with E-state index in [1.165, 1.54) is 42.5 Å². The molecule has 1 aliphatic heterocycles. The fourth-order valence-electron chi connectivity index (χ4n) is 2.79. The van der Waals surface area contributed by atoms with Gasteiger partial charge in [-0.1, -0.05) is 13.8 Å². The Balaban J connectivity index is 1.79. The number of carbonyl (C=O) groups is 1. The lowest BCUT2D eigenvalue weighted by molar-refractivity contribution is -0.118. The SMILES string of the molecule is CC(C)C(NS(=O)(=O)c1ccc2c(c1)OCCCO2)C(=O)Nc1ccc(F)cc1. The summed E-state index contributed by atoms with van der Waals surface area (Å²) in [4.78, 5) is 12.6. The Morgan fingerprint density at radius 3 is 2.34 bits per heavy atom. The number of benzene rings is 2. The first-order valence-corrected chi connectivity index (χ1v) is 10.7. The minimum absolute atomic E-state index is 0.0259. The number of halogens is 1. The lowest BCUT2D eigenvalue weighted by Gasteiger charge is -2.22. The number of hydrogen-bond acceptors (Lipinski definition) is 5. The van der Waals surface area contributed by atoms with Crippen LogP contribution in [-0.4, -0.2) is 33.6 Å². The zero-order chi connectivity index (χ0) is 21.0. The van der Waals surface area contributed by atoms with E-state index in [1.54, 1.807) is 13.8 Å². The molecule has 0 saturated carbocycles. The molecule has 7 nitrogen and oxygen atoms in total. The van der Waals surface area contributed by atoms with Crippen molar-refractivity contribution < 1.29 is 27.1 Å². The van der Waals surface area contributed by atoms with Crippen LogP contribution in [0.15, 0.2) is 47.4 Å². The van der Waals surface area contributed by atoms with Crippen LogP contribution in [0.2, 0.25) is 0 Å². The van der Waals surface area contributed by atoms with E-state index in [0.29, 0.717) is 36.8 Å². The second kappa shape index (κ2) is 8.79. The minimum atomic E-state index is -4.00. The highest BCUT2D eigenvalue weighted by atomic mass is 32.2. The molecule has 29 heavy (non-hydrogen) atoms. The van der Waals surface area contributed by atoms with Crippen molar-refractivity contribution in [3.05, 3.63) is 48.3 Å². The Hall–Kier alpha value is -2.65. The van der Waals surface area contributed by atoms with Crippen LogP contribution in [0, 0.1) is 11.7 Å². The fourth-order valence-corrected chi connectivity index (χ4v) is 4.15. The molecule has 156 valence electrons. The fraction of sp³-hybridized carbons (Fsp3) is 0.350. The monoisotopic (exact) mass is 422 g/mol. The van der Waals surface area contributed by atoms with Crippen LogP contribution in [0.25, 0.3) is 0 Å². The standard InChI is InChI=1S/C20H23FN2O5S/c1-13(2)19(20(24)22-15-6-4-14(21)5-7-15)23-29(25,26)16-8-9-17-18(12-16)28-11-3-10-27-17/h4-9,12-13,19,23H,3,10-11H2,1-2H3,(H,22,24). The van der Waals surface area contributed by atoms with Gasteiger partial charge in [-0.15, -0.1) is 0 Å². The van der Waals surface area contributed by atoms with Crippen LogP contribution in [0.4, 0.5) is 10.1 Å². The van der Waals surface area contributed by atoms with E-state index in [4.69, 9.17) is 9.47 Å². The van der Waals surface area contributed by atoms with Gasteiger partial charge in [0, 0.05) is 18.2 Å². The van der Waals surface area contributed by atoms with Gasteiger partial charge in [-0.3, -0.25) is 4.79 Å². The topological polar surface area (TPSA) is 93.7 Å². The van der Waals surface area contributed by atoms with Crippen molar-refractivity contribution in [2.24, 2.45) is 5.92 Å². The first kappa shape index (κ1) is 21.1. The molecule has 1 unspecified atom stereocenters. The van der Waals surface area contributed by atoms with E-state index in [0.717, 1.165) is 0 Å². The van der Waals surface area contributed by atoms with Crippen LogP contribution < -0.4 is 19.5 Å². The Bertz CT molecular complexity index is 977.